The van der Waals surface area contributed by atoms with Crippen LogP contribution < -0.4 is 4.74 Å². The first-order valence-electron chi connectivity index (χ1n) is 4.93. The molecule has 0 saturated carbocycles. The molecule has 1 nitrogen and oxygen atoms in total. The van der Waals surface area contributed by atoms with Crippen LogP contribution in [0.4, 0.5) is 0 Å². The van der Waals surface area contributed by atoms with Gasteiger partial charge < -0.3 is 4.74 Å². The van der Waals surface area contributed by atoms with Crippen LogP contribution in [0.25, 0.3) is 0 Å². The van der Waals surface area contributed by atoms with Crippen LogP contribution in [0.2, 0.25) is 0 Å². The highest BCUT2D eigenvalue weighted by Gasteiger charge is 1.99. The molecule has 14 heavy (non-hydrogen) atoms. The maximum Gasteiger partial charge on any atom is 0.120 e. The smallest absolute Gasteiger partial charge is 0.120 e. The van der Waals surface area contributed by atoms with E-state index in [0.29, 0.717) is 0 Å². The highest BCUT2D eigenvalue weighted by atomic mass is 16.5. The maximum absolute atomic E-state index is 5.61. The van der Waals surface area contributed by atoms with Gasteiger partial charge in [-0.05, 0) is 37.5 Å². The molecule has 0 spiro atoms. The molecule has 1 radical (unpaired) electrons. The van der Waals surface area contributed by atoms with Gasteiger partial charge in [-0.1, -0.05) is 31.7 Å². The van der Waals surface area contributed by atoms with Crippen molar-refractivity contribution in [3.05, 3.63) is 49.4 Å². The lowest BCUT2D eigenvalue weighted by molar-refractivity contribution is 0.270. The monoisotopic (exact) mass is 189 g/mol. The summed E-state index contributed by atoms with van der Waals surface area (Å²) in [4.78, 5) is 0. The van der Waals surface area contributed by atoms with Gasteiger partial charge in [0.25, 0.3) is 0 Å². The van der Waals surface area contributed by atoms with E-state index in [9.17, 15) is 0 Å². The molecule has 0 bridgehead atoms. The Labute approximate surface area is 86.4 Å². The van der Waals surface area contributed by atoms with Crippen LogP contribution in [-0.4, -0.2) is 6.10 Å². The summed E-state index contributed by atoms with van der Waals surface area (Å²) in [5, 5.41) is 0. The van der Waals surface area contributed by atoms with Crippen molar-refractivity contribution in [2.45, 2.75) is 25.9 Å². The second-order valence-corrected chi connectivity index (χ2v) is 3.31. The lowest BCUT2D eigenvalue weighted by Gasteiger charge is -2.11. The Bertz CT molecular complexity index is 291. The lowest BCUT2D eigenvalue weighted by Crippen LogP contribution is -2.07. The molecule has 1 aromatic carbocycles. The summed E-state index contributed by atoms with van der Waals surface area (Å²) in [7, 11) is 0. The maximum atomic E-state index is 5.61. The van der Waals surface area contributed by atoms with Crippen LogP contribution in [0.3, 0.4) is 0 Å². The number of aryl methyl sites for hydroxylation is 1. The van der Waals surface area contributed by atoms with Crippen LogP contribution in [-0.2, 0) is 6.42 Å². The van der Waals surface area contributed by atoms with Gasteiger partial charge in [0.2, 0.25) is 0 Å². The van der Waals surface area contributed by atoms with Crippen molar-refractivity contribution in [3.8, 4) is 5.75 Å². The molecule has 0 aromatic heterocycles. The SMILES string of the molecule is [CH2]CCc1cccc(OC(C)C=C)c1. The summed E-state index contributed by atoms with van der Waals surface area (Å²) in [5.74, 6) is 0.906. The summed E-state index contributed by atoms with van der Waals surface area (Å²) in [6.07, 6.45) is 3.76. The molecule has 0 aliphatic heterocycles. The topological polar surface area (TPSA) is 9.23 Å². The molecule has 75 valence electrons. The van der Waals surface area contributed by atoms with Gasteiger partial charge in [-0.15, -0.1) is 0 Å². The predicted octanol–water partition coefficient (Wildman–Crippen LogP) is 3.41. The van der Waals surface area contributed by atoms with Crippen molar-refractivity contribution in [2.24, 2.45) is 0 Å². The highest BCUT2D eigenvalue weighted by Crippen LogP contribution is 2.16. The molecule has 1 rings (SSSR count). The molecule has 1 atom stereocenters. The molecule has 0 amide bonds. The Morgan fingerprint density at radius 1 is 1.50 bits per heavy atom. The normalized spacial score (nSPS) is 12.1. The van der Waals surface area contributed by atoms with Crippen molar-refractivity contribution < 1.29 is 4.74 Å². The standard InChI is InChI=1S/C13H17O/c1-4-7-12-8-6-9-13(10-12)14-11(3)5-2/h5-6,8-11H,1-2,4,7H2,3H3. The number of hydrogen-bond acceptors (Lipinski definition) is 1. The van der Waals surface area contributed by atoms with E-state index in [0.717, 1.165) is 18.6 Å². The summed E-state index contributed by atoms with van der Waals surface area (Å²) in [6, 6.07) is 8.13. The van der Waals surface area contributed by atoms with Crippen molar-refractivity contribution >= 4 is 0 Å². The first-order chi connectivity index (χ1) is 6.76. The van der Waals surface area contributed by atoms with Crippen molar-refractivity contribution in [1.82, 2.24) is 0 Å². The molecule has 0 heterocycles. The van der Waals surface area contributed by atoms with Crippen LogP contribution in [0.1, 0.15) is 18.9 Å². The molecule has 1 heteroatoms. The van der Waals surface area contributed by atoms with Gasteiger partial charge >= 0.3 is 0 Å². The summed E-state index contributed by atoms with van der Waals surface area (Å²) >= 11 is 0. The van der Waals surface area contributed by atoms with Gasteiger partial charge in [0.15, 0.2) is 0 Å². The third kappa shape index (κ3) is 3.25. The Morgan fingerprint density at radius 2 is 2.29 bits per heavy atom. The zero-order valence-electron chi connectivity index (χ0n) is 8.70. The van der Waals surface area contributed by atoms with E-state index in [2.05, 4.69) is 25.6 Å². The quantitative estimate of drug-likeness (QED) is 0.645. The first-order valence-corrected chi connectivity index (χ1v) is 4.93. The van der Waals surface area contributed by atoms with Crippen LogP contribution >= 0.6 is 0 Å². The van der Waals surface area contributed by atoms with E-state index in [-0.39, 0.29) is 6.10 Å². The average molecular weight is 189 g/mol. The Hall–Kier alpha value is -1.24. The highest BCUT2D eigenvalue weighted by molar-refractivity contribution is 5.29. The zero-order chi connectivity index (χ0) is 10.4. The third-order valence-corrected chi connectivity index (χ3v) is 2.02. The van der Waals surface area contributed by atoms with Gasteiger partial charge in [-0.25, -0.2) is 0 Å². The molecule has 1 unspecified atom stereocenters. The molecular formula is C13H17O. The van der Waals surface area contributed by atoms with Gasteiger partial charge in [0.05, 0.1) is 0 Å². The number of hydrogen-bond donors (Lipinski definition) is 0. The molecule has 0 N–H and O–H groups in total. The van der Waals surface area contributed by atoms with E-state index < -0.39 is 0 Å². The fraction of sp³-hybridized carbons (Fsp3) is 0.308. The zero-order valence-corrected chi connectivity index (χ0v) is 8.70. The van der Waals surface area contributed by atoms with Crippen LogP contribution in [0.5, 0.6) is 5.75 Å². The van der Waals surface area contributed by atoms with Crippen LogP contribution in [0, 0.1) is 6.92 Å². The molecule has 0 aliphatic rings. The molecule has 0 aliphatic carbocycles. The van der Waals surface area contributed by atoms with Crippen molar-refractivity contribution in [2.75, 3.05) is 0 Å². The Morgan fingerprint density at radius 3 is 2.93 bits per heavy atom. The largest absolute Gasteiger partial charge is 0.487 e. The minimum atomic E-state index is 0.0602. The molecular weight excluding hydrogens is 172 g/mol. The van der Waals surface area contributed by atoms with Gasteiger partial charge in [-0.3, -0.25) is 0 Å². The van der Waals surface area contributed by atoms with E-state index >= 15 is 0 Å². The summed E-state index contributed by atoms with van der Waals surface area (Å²) in [6.45, 7) is 9.48. The van der Waals surface area contributed by atoms with Gasteiger partial charge in [0, 0.05) is 0 Å². The van der Waals surface area contributed by atoms with E-state index in [1.54, 1.807) is 6.08 Å². The van der Waals surface area contributed by atoms with E-state index in [1.165, 1.54) is 5.56 Å². The summed E-state index contributed by atoms with van der Waals surface area (Å²) < 4.78 is 5.61. The average Bonchev–Trinajstić information content (AvgIpc) is 2.19. The van der Waals surface area contributed by atoms with Crippen molar-refractivity contribution in [3.63, 3.8) is 0 Å². The minimum Gasteiger partial charge on any atom is -0.487 e. The minimum absolute atomic E-state index is 0.0602. The van der Waals surface area contributed by atoms with Crippen molar-refractivity contribution in [1.29, 1.82) is 0 Å². The summed E-state index contributed by atoms with van der Waals surface area (Å²) in [5.41, 5.74) is 1.27. The Kier molecular flexibility index (Phi) is 4.24. The number of benzene rings is 1. The second-order valence-electron chi connectivity index (χ2n) is 3.31. The molecule has 0 saturated heterocycles. The lowest BCUT2D eigenvalue weighted by atomic mass is 10.1. The van der Waals surface area contributed by atoms with Gasteiger partial charge in [0.1, 0.15) is 11.9 Å². The third-order valence-electron chi connectivity index (χ3n) is 2.02. The van der Waals surface area contributed by atoms with Gasteiger partial charge in [-0.2, -0.15) is 0 Å². The van der Waals surface area contributed by atoms with E-state index in [4.69, 9.17) is 4.74 Å². The molecule has 0 fully saturated rings. The number of ether oxygens (including phenoxy) is 1. The van der Waals surface area contributed by atoms with Crippen LogP contribution in [0.15, 0.2) is 36.9 Å². The second kappa shape index (κ2) is 5.48. The predicted molar refractivity (Wildman–Crippen MR) is 60.4 cm³/mol. The van der Waals surface area contributed by atoms with E-state index in [1.807, 2.05) is 19.1 Å². The fourth-order valence-electron chi connectivity index (χ4n) is 1.24. The fourth-order valence-corrected chi connectivity index (χ4v) is 1.24. The first kappa shape index (κ1) is 10.8. The Balaban J connectivity index is 2.67. The molecule has 1 aromatic rings. The number of rotatable bonds is 5.